The number of H-pyrrole nitrogens is 1. The maximum absolute atomic E-state index is 5.57. The second-order valence-electron chi connectivity index (χ2n) is 3.70. The molecule has 0 saturated carbocycles. The zero-order valence-corrected chi connectivity index (χ0v) is 7.70. The van der Waals surface area contributed by atoms with Crippen molar-refractivity contribution in [2.45, 2.75) is 12.3 Å². The third-order valence-electron chi connectivity index (χ3n) is 2.85. The van der Waals surface area contributed by atoms with Crippen LogP contribution in [0.5, 0.6) is 0 Å². The van der Waals surface area contributed by atoms with Gasteiger partial charge in [0.25, 0.3) is 0 Å². The maximum Gasteiger partial charge on any atom is 0.145 e. The molecule has 0 bridgehead atoms. The highest BCUT2D eigenvalue weighted by Gasteiger charge is 2.28. The summed E-state index contributed by atoms with van der Waals surface area (Å²) in [4.78, 5) is 0. The van der Waals surface area contributed by atoms with Crippen LogP contribution in [0.15, 0.2) is 30.3 Å². The Morgan fingerprint density at radius 1 is 1.36 bits per heavy atom. The fourth-order valence-corrected chi connectivity index (χ4v) is 2.07. The number of nitrogens with zero attached hydrogens (tertiary/aromatic N) is 1. The van der Waals surface area contributed by atoms with Crippen LogP contribution < -0.4 is 5.73 Å². The number of rotatable bonds is 1. The summed E-state index contributed by atoms with van der Waals surface area (Å²) in [5.74, 6) is 1.04. The minimum Gasteiger partial charge on any atom is -0.382 e. The second-order valence-corrected chi connectivity index (χ2v) is 3.70. The van der Waals surface area contributed by atoms with Crippen LogP contribution in [0.25, 0.3) is 0 Å². The van der Waals surface area contributed by atoms with Gasteiger partial charge in [0.1, 0.15) is 5.82 Å². The molecule has 0 spiro atoms. The number of benzene rings is 1. The van der Waals surface area contributed by atoms with Crippen molar-refractivity contribution in [1.29, 1.82) is 0 Å². The number of nitrogen functional groups attached to an aromatic ring is 1. The highest BCUT2D eigenvalue weighted by molar-refractivity contribution is 5.47. The number of hydrogen-bond acceptors (Lipinski definition) is 2. The summed E-state index contributed by atoms with van der Waals surface area (Å²) in [5, 5.41) is 6.92. The predicted molar refractivity (Wildman–Crippen MR) is 55.0 cm³/mol. The van der Waals surface area contributed by atoms with Gasteiger partial charge in [0, 0.05) is 17.7 Å². The number of fused-ring (bicyclic) bond motifs is 1. The van der Waals surface area contributed by atoms with Gasteiger partial charge in [-0.3, -0.25) is 5.10 Å². The van der Waals surface area contributed by atoms with Crippen molar-refractivity contribution in [2.24, 2.45) is 0 Å². The van der Waals surface area contributed by atoms with Crippen molar-refractivity contribution in [3.8, 4) is 0 Å². The molecule has 3 nitrogen and oxygen atoms in total. The molecule has 1 aliphatic rings. The molecule has 1 aromatic carbocycles. The predicted octanol–water partition coefficient (Wildman–Crippen LogP) is 1.68. The first-order valence-corrected chi connectivity index (χ1v) is 4.73. The number of aromatic nitrogens is 2. The van der Waals surface area contributed by atoms with E-state index in [9.17, 15) is 0 Å². The minimum atomic E-state index is 0.469. The van der Waals surface area contributed by atoms with Gasteiger partial charge in [0.05, 0.1) is 0 Å². The molecular weight excluding hydrogens is 174 g/mol. The summed E-state index contributed by atoms with van der Waals surface area (Å²) in [5.41, 5.74) is 9.53. The molecule has 2 aromatic rings. The van der Waals surface area contributed by atoms with Crippen molar-refractivity contribution < 1.29 is 0 Å². The fourth-order valence-electron chi connectivity index (χ4n) is 2.07. The Hall–Kier alpha value is -1.77. The third kappa shape index (κ3) is 0.954. The van der Waals surface area contributed by atoms with Crippen molar-refractivity contribution >= 4 is 5.82 Å². The minimum absolute atomic E-state index is 0.469. The van der Waals surface area contributed by atoms with Crippen LogP contribution in [-0.2, 0) is 6.42 Å². The molecule has 1 unspecified atom stereocenters. The molecule has 3 N–H and O–H groups in total. The highest BCUT2D eigenvalue weighted by atomic mass is 15.2. The van der Waals surface area contributed by atoms with E-state index in [4.69, 9.17) is 5.73 Å². The Bertz CT molecular complexity index is 473. The average molecular weight is 185 g/mol. The van der Waals surface area contributed by atoms with Crippen molar-refractivity contribution in [2.75, 3.05) is 5.73 Å². The first kappa shape index (κ1) is 7.62. The van der Waals surface area contributed by atoms with Crippen LogP contribution in [-0.4, -0.2) is 10.2 Å². The summed E-state index contributed by atoms with van der Waals surface area (Å²) < 4.78 is 0. The molecule has 0 fully saturated rings. The van der Waals surface area contributed by atoms with E-state index in [0.717, 1.165) is 12.1 Å². The summed E-state index contributed by atoms with van der Waals surface area (Å²) >= 11 is 0. The normalized spacial score (nSPS) is 18.7. The van der Waals surface area contributed by atoms with Gasteiger partial charge in [-0.05, 0) is 17.5 Å². The lowest BCUT2D eigenvalue weighted by Gasteiger charge is -2.28. The van der Waals surface area contributed by atoms with E-state index < -0.39 is 0 Å². The molecule has 1 aliphatic carbocycles. The van der Waals surface area contributed by atoms with Gasteiger partial charge in [0.2, 0.25) is 0 Å². The quantitative estimate of drug-likeness (QED) is 0.710. The van der Waals surface area contributed by atoms with Crippen molar-refractivity contribution in [1.82, 2.24) is 10.2 Å². The molecule has 14 heavy (non-hydrogen) atoms. The first-order valence-electron chi connectivity index (χ1n) is 4.73. The SMILES string of the molecule is Nc1cc(C2Cc3ccccc32)[nH]n1. The molecule has 3 rings (SSSR count). The molecule has 1 atom stereocenters. The standard InChI is InChI=1S/C11H11N3/c12-11-6-10(13-14-11)9-5-7-3-1-2-4-8(7)9/h1-4,6,9H,5H2,(H3,12,13,14). The molecule has 0 saturated heterocycles. The molecule has 0 aliphatic heterocycles. The number of nitrogens with one attached hydrogen (secondary N) is 1. The smallest absolute Gasteiger partial charge is 0.145 e. The number of aromatic amines is 1. The topological polar surface area (TPSA) is 54.7 Å². The van der Waals surface area contributed by atoms with Crippen LogP contribution in [0.2, 0.25) is 0 Å². The summed E-state index contributed by atoms with van der Waals surface area (Å²) in [7, 11) is 0. The molecule has 1 aromatic heterocycles. The third-order valence-corrected chi connectivity index (χ3v) is 2.85. The molecule has 0 radical (unpaired) electrons. The molecule has 1 heterocycles. The Balaban J connectivity index is 1.99. The largest absolute Gasteiger partial charge is 0.382 e. The number of anilines is 1. The van der Waals surface area contributed by atoms with E-state index >= 15 is 0 Å². The average Bonchev–Trinajstić information content (AvgIpc) is 2.54. The van der Waals surface area contributed by atoms with Gasteiger partial charge >= 0.3 is 0 Å². The van der Waals surface area contributed by atoms with Gasteiger partial charge in [0.15, 0.2) is 0 Å². The molecule has 0 amide bonds. The van der Waals surface area contributed by atoms with Crippen LogP contribution >= 0.6 is 0 Å². The van der Waals surface area contributed by atoms with Gasteiger partial charge in [-0.1, -0.05) is 24.3 Å². The maximum atomic E-state index is 5.57. The summed E-state index contributed by atoms with van der Waals surface area (Å²) in [6, 6.07) is 10.4. The van der Waals surface area contributed by atoms with Crippen LogP contribution in [0.3, 0.4) is 0 Å². The lowest BCUT2D eigenvalue weighted by atomic mass is 9.76. The first-order chi connectivity index (χ1) is 6.84. The van der Waals surface area contributed by atoms with Gasteiger partial charge < -0.3 is 5.73 Å². The van der Waals surface area contributed by atoms with E-state index in [1.165, 1.54) is 11.1 Å². The zero-order chi connectivity index (χ0) is 9.54. The van der Waals surface area contributed by atoms with Crippen molar-refractivity contribution in [3.05, 3.63) is 47.2 Å². The molecule has 3 heteroatoms. The second kappa shape index (κ2) is 2.61. The summed E-state index contributed by atoms with van der Waals surface area (Å²) in [6.07, 6.45) is 1.10. The van der Waals surface area contributed by atoms with Gasteiger partial charge in [-0.15, -0.1) is 0 Å². The van der Waals surface area contributed by atoms with E-state index in [1.807, 2.05) is 6.07 Å². The van der Waals surface area contributed by atoms with Crippen molar-refractivity contribution in [3.63, 3.8) is 0 Å². The Kier molecular flexibility index (Phi) is 1.42. The Morgan fingerprint density at radius 2 is 2.21 bits per heavy atom. The van der Waals surface area contributed by atoms with Crippen LogP contribution in [0.4, 0.5) is 5.82 Å². The highest BCUT2D eigenvalue weighted by Crippen LogP contribution is 2.39. The number of hydrogen-bond donors (Lipinski definition) is 2. The van der Waals surface area contributed by atoms with Gasteiger partial charge in [-0.25, -0.2) is 0 Å². The van der Waals surface area contributed by atoms with E-state index in [0.29, 0.717) is 11.7 Å². The Labute approximate surface area is 81.9 Å². The Morgan fingerprint density at radius 3 is 2.93 bits per heavy atom. The van der Waals surface area contributed by atoms with E-state index in [2.05, 4.69) is 34.5 Å². The molecule has 70 valence electrons. The lowest BCUT2D eigenvalue weighted by molar-refractivity contribution is 0.682. The lowest BCUT2D eigenvalue weighted by Crippen LogP contribution is -2.18. The van der Waals surface area contributed by atoms with E-state index in [-0.39, 0.29) is 0 Å². The fraction of sp³-hybridized carbons (Fsp3) is 0.182. The zero-order valence-electron chi connectivity index (χ0n) is 7.70. The van der Waals surface area contributed by atoms with Crippen LogP contribution in [0, 0.1) is 0 Å². The summed E-state index contributed by atoms with van der Waals surface area (Å²) in [6.45, 7) is 0. The van der Waals surface area contributed by atoms with Gasteiger partial charge in [-0.2, -0.15) is 5.10 Å². The molecular formula is C11H11N3. The number of nitrogens with two attached hydrogens (primary N) is 1. The van der Waals surface area contributed by atoms with E-state index in [1.54, 1.807) is 0 Å². The monoisotopic (exact) mass is 185 g/mol. The van der Waals surface area contributed by atoms with Crippen LogP contribution in [0.1, 0.15) is 22.7 Å².